The summed E-state index contributed by atoms with van der Waals surface area (Å²) in [4.78, 5) is 12.7. The van der Waals surface area contributed by atoms with E-state index in [4.69, 9.17) is 4.74 Å². The molecule has 2 heterocycles. The van der Waals surface area contributed by atoms with E-state index in [0.717, 1.165) is 34.5 Å². The molecular weight excluding hydrogens is 294 g/mol. The third-order valence-electron chi connectivity index (χ3n) is 2.44. The number of nitrogens with zero attached hydrogens (tertiary/aromatic N) is 3. The smallest absolute Gasteiger partial charge is 0.321 e. The molecule has 2 aromatic heterocycles. The highest BCUT2D eigenvalue weighted by Gasteiger charge is 2.07. The first kappa shape index (κ1) is 13.0. The van der Waals surface area contributed by atoms with Crippen LogP contribution in [0.15, 0.2) is 24.5 Å². The summed E-state index contributed by atoms with van der Waals surface area (Å²) in [5, 5.41) is 0.736. The Morgan fingerprint density at radius 1 is 1.22 bits per heavy atom. The lowest BCUT2D eigenvalue weighted by atomic mass is 10.2. The van der Waals surface area contributed by atoms with Gasteiger partial charge < -0.3 is 4.74 Å². The number of aromatic nitrogens is 3. The first-order chi connectivity index (χ1) is 8.72. The minimum Gasteiger partial charge on any atom is -0.422 e. The predicted octanol–water partition coefficient (Wildman–Crippen LogP) is 3.43. The summed E-state index contributed by atoms with van der Waals surface area (Å²) < 4.78 is 5.65. The number of hydrogen-bond acceptors (Lipinski definition) is 4. The number of aryl methyl sites for hydroxylation is 2. The summed E-state index contributed by atoms with van der Waals surface area (Å²) in [6.45, 7) is 4.01. The van der Waals surface area contributed by atoms with Gasteiger partial charge in [-0.25, -0.2) is 9.97 Å². The Bertz CT molecular complexity index is 528. The molecule has 0 atom stereocenters. The van der Waals surface area contributed by atoms with Crippen LogP contribution in [0.1, 0.15) is 23.9 Å². The van der Waals surface area contributed by atoms with Crippen molar-refractivity contribution in [3.63, 3.8) is 0 Å². The molecular formula is C13H14BrN3O. The first-order valence-electron chi connectivity index (χ1n) is 5.74. The molecule has 0 bridgehead atoms. The Morgan fingerprint density at radius 3 is 2.56 bits per heavy atom. The van der Waals surface area contributed by atoms with Gasteiger partial charge in [0.15, 0.2) is 5.75 Å². The number of pyridine rings is 1. The molecule has 4 nitrogen and oxygen atoms in total. The normalized spacial score (nSPS) is 10.4. The Kier molecular flexibility index (Phi) is 4.25. The van der Waals surface area contributed by atoms with Gasteiger partial charge in [-0.1, -0.05) is 22.9 Å². The van der Waals surface area contributed by atoms with Gasteiger partial charge in [-0.2, -0.15) is 0 Å². The quantitative estimate of drug-likeness (QED) is 0.812. The van der Waals surface area contributed by atoms with Crippen LogP contribution in [0.25, 0.3) is 0 Å². The topological polar surface area (TPSA) is 47.9 Å². The zero-order valence-electron chi connectivity index (χ0n) is 10.4. The summed E-state index contributed by atoms with van der Waals surface area (Å²) in [5.74, 6) is 0.717. The van der Waals surface area contributed by atoms with Crippen LogP contribution in [-0.4, -0.2) is 15.0 Å². The highest BCUT2D eigenvalue weighted by molar-refractivity contribution is 9.08. The fourth-order valence-corrected chi connectivity index (χ4v) is 1.80. The molecule has 0 N–H and O–H groups in total. The predicted molar refractivity (Wildman–Crippen MR) is 73.1 cm³/mol. The van der Waals surface area contributed by atoms with Crippen molar-refractivity contribution in [1.29, 1.82) is 0 Å². The van der Waals surface area contributed by atoms with Crippen molar-refractivity contribution in [3.8, 4) is 11.8 Å². The number of alkyl halides is 1. The second-order valence-electron chi connectivity index (χ2n) is 3.86. The summed E-state index contributed by atoms with van der Waals surface area (Å²) in [7, 11) is 0. The van der Waals surface area contributed by atoms with Crippen LogP contribution < -0.4 is 4.74 Å². The SMILES string of the molecule is CCc1nc(C)ccc1Oc1ncc(CBr)cn1. The summed E-state index contributed by atoms with van der Waals surface area (Å²) in [5.41, 5.74) is 2.91. The van der Waals surface area contributed by atoms with Crippen molar-refractivity contribution in [1.82, 2.24) is 15.0 Å². The van der Waals surface area contributed by atoms with Crippen molar-refractivity contribution in [2.75, 3.05) is 0 Å². The van der Waals surface area contributed by atoms with E-state index < -0.39 is 0 Å². The average molecular weight is 308 g/mol. The van der Waals surface area contributed by atoms with E-state index in [1.165, 1.54) is 0 Å². The van der Waals surface area contributed by atoms with Crippen LogP contribution in [-0.2, 0) is 11.8 Å². The second-order valence-corrected chi connectivity index (χ2v) is 4.42. The van der Waals surface area contributed by atoms with E-state index in [9.17, 15) is 0 Å². The Hall–Kier alpha value is -1.49. The molecule has 94 valence electrons. The maximum absolute atomic E-state index is 5.65. The minimum atomic E-state index is 0.347. The summed E-state index contributed by atoms with van der Waals surface area (Å²) in [6.07, 6.45) is 4.30. The van der Waals surface area contributed by atoms with Crippen LogP contribution in [0.2, 0.25) is 0 Å². The fraction of sp³-hybridized carbons (Fsp3) is 0.308. The Balaban J connectivity index is 2.22. The minimum absolute atomic E-state index is 0.347. The molecule has 2 aromatic rings. The van der Waals surface area contributed by atoms with Gasteiger partial charge in [0.2, 0.25) is 0 Å². The van der Waals surface area contributed by atoms with Crippen molar-refractivity contribution in [2.45, 2.75) is 25.6 Å². The monoisotopic (exact) mass is 307 g/mol. The van der Waals surface area contributed by atoms with E-state index >= 15 is 0 Å². The molecule has 0 aromatic carbocycles. The van der Waals surface area contributed by atoms with Gasteiger partial charge in [-0.05, 0) is 31.0 Å². The average Bonchev–Trinajstić information content (AvgIpc) is 2.41. The first-order valence-corrected chi connectivity index (χ1v) is 6.86. The molecule has 0 unspecified atom stereocenters. The van der Waals surface area contributed by atoms with E-state index in [-0.39, 0.29) is 0 Å². The third-order valence-corrected chi connectivity index (χ3v) is 3.09. The zero-order valence-corrected chi connectivity index (χ0v) is 11.9. The standard InChI is InChI=1S/C13H14BrN3O/c1-3-11-12(5-4-9(2)17-11)18-13-15-7-10(6-14)8-16-13/h4-5,7-8H,3,6H2,1-2H3. The molecule has 0 radical (unpaired) electrons. The van der Waals surface area contributed by atoms with Gasteiger partial charge in [0.05, 0.1) is 5.69 Å². The van der Waals surface area contributed by atoms with Crippen molar-refractivity contribution < 1.29 is 4.74 Å². The van der Waals surface area contributed by atoms with Gasteiger partial charge in [0.1, 0.15) is 0 Å². The molecule has 5 heteroatoms. The number of rotatable bonds is 4. The summed E-state index contributed by atoms with van der Waals surface area (Å²) in [6, 6.07) is 4.17. The number of ether oxygens (including phenoxy) is 1. The van der Waals surface area contributed by atoms with Gasteiger partial charge in [-0.15, -0.1) is 0 Å². The molecule has 0 aliphatic rings. The molecule has 2 rings (SSSR count). The van der Waals surface area contributed by atoms with Gasteiger partial charge in [0, 0.05) is 23.4 Å². The molecule has 0 saturated heterocycles. The maximum atomic E-state index is 5.65. The van der Waals surface area contributed by atoms with Crippen molar-refractivity contribution >= 4 is 15.9 Å². The largest absolute Gasteiger partial charge is 0.422 e. The molecule has 0 spiro atoms. The molecule has 0 amide bonds. The van der Waals surface area contributed by atoms with E-state index in [0.29, 0.717) is 6.01 Å². The zero-order chi connectivity index (χ0) is 13.0. The number of halogens is 1. The lowest BCUT2D eigenvalue weighted by Gasteiger charge is -2.08. The molecule has 0 saturated carbocycles. The van der Waals surface area contributed by atoms with Crippen molar-refractivity contribution in [2.24, 2.45) is 0 Å². The van der Waals surface area contributed by atoms with Gasteiger partial charge in [-0.3, -0.25) is 4.98 Å². The lowest BCUT2D eigenvalue weighted by molar-refractivity contribution is 0.433. The van der Waals surface area contributed by atoms with Crippen LogP contribution in [0.4, 0.5) is 0 Å². The Labute approximate surface area is 115 Å². The summed E-state index contributed by atoms with van der Waals surface area (Å²) >= 11 is 3.35. The van der Waals surface area contributed by atoms with Crippen LogP contribution in [0.3, 0.4) is 0 Å². The molecule has 0 aliphatic heterocycles. The molecule has 18 heavy (non-hydrogen) atoms. The Morgan fingerprint density at radius 2 is 1.94 bits per heavy atom. The van der Waals surface area contributed by atoms with E-state index in [2.05, 4.69) is 30.9 Å². The fourth-order valence-electron chi connectivity index (χ4n) is 1.51. The highest BCUT2D eigenvalue weighted by atomic mass is 79.9. The third kappa shape index (κ3) is 3.04. The molecule has 0 fully saturated rings. The van der Waals surface area contributed by atoms with E-state index in [1.807, 2.05) is 26.0 Å². The van der Waals surface area contributed by atoms with Crippen LogP contribution >= 0.6 is 15.9 Å². The van der Waals surface area contributed by atoms with Crippen LogP contribution in [0.5, 0.6) is 11.8 Å². The van der Waals surface area contributed by atoms with E-state index in [1.54, 1.807) is 12.4 Å². The second kappa shape index (κ2) is 5.91. The maximum Gasteiger partial charge on any atom is 0.321 e. The lowest BCUT2D eigenvalue weighted by Crippen LogP contribution is -1.98. The van der Waals surface area contributed by atoms with Gasteiger partial charge in [0.25, 0.3) is 0 Å². The van der Waals surface area contributed by atoms with Gasteiger partial charge >= 0.3 is 6.01 Å². The van der Waals surface area contributed by atoms with Crippen LogP contribution in [0, 0.1) is 6.92 Å². The molecule has 0 aliphatic carbocycles. The number of hydrogen-bond donors (Lipinski definition) is 0. The van der Waals surface area contributed by atoms with Crippen molar-refractivity contribution in [3.05, 3.63) is 41.5 Å². The highest BCUT2D eigenvalue weighted by Crippen LogP contribution is 2.22.